The number of ether oxygens (including phenoxy) is 1. The molecule has 0 aromatic heterocycles. The molecule has 1 aromatic carbocycles. The van der Waals surface area contributed by atoms with Crippen molar-refractivity contribution in [2.45, 2.75) is 12.5 Å². The van der Waals surface area contributed by atoms with Gasteiger partial charge < -0.3 is 4.74 Å². The van der Waals surface area contributed by atoms with Crippen molar-refractivity contribution in [1.82, 2.24) is 0 Å². The third-order valence-corrected chi connectivity index (χ3v) is 2.40. The van der Waals surface area contributed by atoms with Gasteiger partial charge >= 0.3 is 12.5 Å². The first-order chi connectivity index (χ1) is 7.52. The Morgan fingerprint density at radius 2 is 1.53 bits per heavy atom. The van der Waals surface area contributed by atoms with Gasteiger partial charge in [0, 0.05) is 3.57 Å². The average molecular weight is 374 g/mol. The van der Waals surface area contributed by atoms with Gasteiger partial charge in [0.15, 0.2) is 5.82 Å². The molecular formula is C8H2F7IO. The van der Waals surface area contributed by atoms with Crippen molar-refractivity contribution in [3.8, 4) is 5.75 Å². The van der Waals surface area contributed by atoms with E-state index in [1.807, 2.05) is 0 Å². The van der Waals surface area contributed by atoms with Crippen LogP contribution in [0.15, 0.2) is 12.1 Å². The molecule has 0 saturated carbocycles. The summed E-state index contributed by atoms with van der Waals surface area (Å²) in [6, 6.07) is 1.17. The van der Waals surface area contributed by atoms with Crippen molar-refractivity contribution in [1.29, 1.82) is 0 Å². The number of benzene rings is 1. The largest absolute Gasteiger partial charge is 0.573 e. The molecule has 0 unspecified atom stereocenters. The van der Waals surface area contributed by atoms with E-state index in [4.69, 9.17) is 0 Å². The van der Waals surface area contributed by atoms with E-state index in [1.165, 1.54) is 22.6 Å². The highest BCUT2D eigenvalue weighted by atomic mass is 127. The zero-order valence-electron chi connectivity index (χ0n) is 7.59. The Morgan fingerprint density at radius 3 is 1.94 bits per heavy atom. The highest BCUT2D eigenvalue weighted by Gasteiger charge is 2.42. The SMILES string of the molecule is Fc1c(I)ccc(OC(F)(F)F)c1C(F)(F)F. The Bertz CT molecular complexity index is 423. The second kappa shape index (κ2) is 4.50. The standard InChI is InChI=1S/C8H2F7IO/c9-6-3(16)1-2-4(17-8(13,14)15)5(6)7(10,11)12/h1-2H. The molecule has 0 N–H and O–H groups in total. The van der Waals surface area contributed by atoms with Crippen molar-refractivity contribution in [3.05, 3.63) is 27.1 Å². The molecule has 0 saturated heterocycles. The minimum atomic E-state index is -5.32. The highest BCUT2D eigenvalue weighted by molar-refractivity contribution is 14.1. The second-order valence-electron chi connectivity index (χ2n) is 2.78. The van der Waals surface area contributed by atoms with Crippen molar-refractivity contribution in [3.63, 3.8) is 0 Å². The Kier molecular flexibility index (Phi) is 3.79. The zero-order chi connectivity index (χ0) is 13.4. The van der Waals surface area contributed by atoms with Gasteiger partial charge in [0.25, 0.3) is 0 Å². The van der Waals surface area contributed by atoms with Crippen molar-refractivity contribution >= 4 is 22.6 Å². The van der Waals surface area contributed by atoms with Gasteiger partial charge in [-0.25, -0.2) is 4.39 Å². The van der Waals surface area contributed by atoms with Gasteiger partial charge in [-0.15, -0.1) is 13.2 Å². The molecule has 0 aliphatic carbocycles. The Balaban J connectivity index is 3.36. The molecule has 1 nitrogen and oxygen atoms in total. The topological polar surface area (TPSA) is 9.23 Å². The minimum Gasteiger partial charge on any atom is -0.405 e. The van der Waals surface area contributed by atoms with Crippen LogP contribution in [0.5, 0.6) is 5.75 Å². The first-order valence-corrected chi connectivity index (χ1v) is 4.91. The third-order valence-electron chi connectivity index (χ3n) is 1.57. The molecule has 17 heavy (non-hydrogen) atoms. The molecule has 0 aliphatic heterocycles. The van der Waals surface area contributed by atoms with Crippen LogP contribution in [0, 0.1) is 9.39 Å². The lowest BCUT2D eigenvalue weighted by atomic mass is 10.2. The summed E-state index contributed by atoms with van der Waals surface area (Å²) in [6.07, 6.45) is -10.6. The van der Waals surface area contributed by atoms with Crippen molar-refractivity contribution in [2.24, 2.45) is 0 Å². The van der Waals surface area contributed by atoms with Gasteiger partial charge in [-0.05, 0) is 34.7 Å². The van der Waals surface area contributed by atoms with Gasteiger partial charge in [0.2, 0.25) is 0 Å². The van der Waals surface area contributed by atoms with Gasteiger partial charge in [0.05, 0.1) is 0 Å². The number of hydrogen-bond acceptors (Lipinski definition) is 1. The van der Waals surface area contributed by atoms with E-state index in [2.05, 4.69) is 4.74 Å². The molecule has 0 radical (unpaired) electrons. The number of halogens is 8. The minimum absolute atomic E-state index is 0.418. The van der Waals surface area contributed by atoms with Crippen LogP contribution >= 0.6 is 22.6 Å². The monoisotopic (exact) mass is 374 g/mol. The van der Waals surface area contributed by atoms with Gasteiger partial charge in [-0.1, -0.05) is 0 Å². The molecule has 0 bridgehead atoms. The summed E-state index contributed by atoms with van der Waals surface area (Å²) in [5.74, 6) is -3.40. The maximum Gasteiger partial charge on any atom is 0.573 e. The average Bonchev–Trinajstić information content (AvgIpc) is 2.06. The van der Waals surface area contributed by atoms with E-state index < -0.39 is 33.2 Å². The Morgan fingerprint density at radius 1 is 1.00 bits per heavy atom. The molecule has 0 spiro atoms. The third kappa shape index (κ3) is 3.61. The summed E-state index contributed by atoms with van der Waals surface area (Å²) in [4.78, 5) is 0. The van der Waals surface area contributed by atoms with Gasteiger partial charge in [0.1, 0.15) is 11.3 Å². The Labute approximate surface area is 104 Å². The predicted molar refractivity (Wildman–Crippen MR) is 50.8 cm³/mol. The first-order valence-electron chi connectivity index (χ1n) is 3.83. The lowest BCUT2D eigenvalue weighted by Gasteiger charge is -2.16. The molecule has 0 heterocycles. The van der Waals surface area contributed by atoms with E-state index in [1.54, 1.807) is 0 Å². The maximum atomic E-state index is 13.2. The van der Waals surface area contributed by atoms with E-state index in [0.29, 0.717) is 6.07 Å². The fourth-order valence-electron chi connectivity index (χ4n) is 1.01. The predicted octanol–water partition coefficient (Wildman–Crippen LogP) is 4.35. The van der Waals surface area contributed by atoms with Crippen LogP contribution in [0.4, 0.5) is 30.7 Å². The number of alkyl halides is 6. The zero-order valence-corrected chi connectivity index (χ0v) is 9.74. The van der Waals surface area contributed by atoms with Crippen molar-refractivity contribution in [2.75, 3.05) is 0 Å². The van der Waals surface area contributed by atoms with Gasteiger partial charge in [-0.3, -0.25) is 0 Å². The summed E-state index contributed by atoms with van der Waals surface area (Å²) in [5.41, 5.74) is -2.07. The van der Waals surface area contributed by atoms with E-state index >= 15 is 0 Å². The van der Waals surface area contributed by atoms with Crippen LogP contribution in [0.1, 0.15) is 5.56 Å². The van der Waals surface area contributed by atoms with Crippen LogP contribution < -0.4 is 4.74 Å². The van der Waals surface area contributed by atoms with Crippen LogP contribution in [0.3, 0.4) is 0 Å². The number of hydrogen-bond donors (Lipinski definition) is 0. The van der Waals surface area contributed by atoms with Crippen LogP contribution in [0.2, 0.25) is 0 Å². The summed E-state index contributed by atoms with van der Waals surface area (Å²) in [5, 5.41) is 0. The number of rotatable bonds is 1. The summed E-state index contributed by atoms with van der Waals surface area (Å²) < 4.78 is 88.4. The van der Waals surface area contributed by atoms with Crippen molar-refractivity contribution < 1.29 is 35.5 Å². The smallest absolute Gasteiger partial charge is 0.405 e. The molecular weight excluding hydrogens is 372 g/mol. The summed E-state index contributed by atoms with van der Waals surface area (Å²) in [7, 11) is 0. The van der Waals surface area contributed by atoms with Crippen LogP contribution in [-0.4, -0.2) is 6.36 Å². The maximum absolute atomic E-state index is 13.2. The van der Waals surface area contributed by atoms with E-state index in [0.717, 1.165) is 6.07 Å². The quantitative estimate of drug-likeness (QED) is 0.525. The Hall–Kier alpha value is -0.740. The first kappa shape index (κ1) is 14.3. The second-order valence-corrected chi connectivity index (χ2v) is 3.94. The molecule has 0 aliphatic rings. The lowest BCUT2D eigenvalue weighted by molar-refractivity contribution is -0.276. The molecule has 0 atom stereocenters. The van der Waals surface area contributed by atoms with Gasteiger partial charge in [-0.2, -0.15) is 13.2 Å². The van der Waals surface area contributed by atoms with E-state index in [-0.39, 0.29) is 0 Å². The lowest BCUT2D eigenvalue weighted by Crippen LogP contribution is -2.21. The molecule has 0 amide bonds. The molecule has 0 fully saturated rings. The molecule has 9 heteroatoms. The normalized spacial score (nSPS) is 12.7. The summed E-state index contributed by atoms with van der Waals surface area (Å²) >= 11 is 1.23. The van der Waals surface area contributed by atoms with E-state index in [9.17, 15) is 30.7 Å². The fourth-order valence-corrected chi connectivity index (χ4v) is 1.46. The van der Waals surface area contributed by atoms with Crippen LogP contribution in [-0.2, 0) is 6.18 Å². The fraction of sp³-hybridized carbons (Fsp3) is 0.250. The summed E-state index contributed by atoms with van der Waals surface area (Å²) in [6.45, 7) is 0. The van der Waals surface area contributed by atoms with Crippen LogP contribution in [0.25, 0.3) is 0 Å². The molecule has 1 rings (SSSR count). The molecule has 1 aromatic rings. The molecule has 96 valence electrons. The highest BCUT2D eigenvalue weighted by Crippen LogP contribution is 2.41.